The van der Waals surface area contributed by atoms with Gasteiger partial charge in [-0.2, -0.15) is 0 Å². The number of aryl methyl sites for hydroxylation is 1. The molecule has 172 valence electrons. The molecule has 0 aliphatic carbocycles. The average Bonchev–Trinajstić information content (AvgIpc) is 3.32. The lowest BCUT2D eigenvalue weighted by atomic mass is 9.96. The van der Waals surface area contributed by atoms with E-state index in [-0.39, 0.29) is 12.4 Å². The van der Waals surface area contributed by atoms with Crippen LogP contribution < -0.4 is 29.5 Å². The normalized spacial score (nSPS) is 16.2. The Labute approximate surface area is 196 Å². The van der Waals surface area contributed by atoms with Crippen LogP contribution in [0.4, 0.5) is 0 Å². The van der Waals surface area contributed by atoms with Crippen LogP contribution in [-0.4, -0.2) is 20.6 Å². The maximum absolute atomic E-state index is 12.4. The summed E-state index contributed by atoms with van der Waals surface area (Å²) < 4.78 is 28.0. The van der Waals surface area contributed by atoms with E-state index in [9.17, 15) is 4.79 Å². The maximum atomic E-state index is 12.4. The minimum atomic E-state index is -0.382. The van der Waals surface area contributed by atoms with E-state index in [1.54, 1.807) is 13.2 Å². The molecule has 0 amide bonds. The van der Waals surface area contributed by atoms with Crippen molar-refractivity contribution in [3.63, 3.8) is 0 Å². The molecule has 0 fully saturated rings. The highest BCUT2D eigenvalue weighted by Crippen LogP contribution is 2.37. The summed E-state index contributed by atoms with van der Waals surface area (Å²) in [6.45, 7) is 4.33. The van der Waals surface area contributed by atoms with Gasteiger partial charge in [0.15, 0.2) is 11.5 Å². The van der Waals surface area contributed by atoms with Crippen LogP contribution in [0.1, 0.15) is 16.7 Å². The molecule has 2 aliphatic heterocycles. The first kappa shape index (κ1) is 20.6. The number of rotatable bonds is 4. The summed E-state index contributed by atoms with van der Waals surface area (Å²) in [5.41, 5.74) is 5.05. The molecule has 1 aromatic heterocycles. The number of quaternary nitrogens is 1. The standard InChI is InChI=1S/C27H23NO6/c1-16-26-19(13-28(14-31-26)12-17-3-8-23-24(9-17)33-15-32-23)10-22-21(11-25(29)34-27(16)22)18-4-6-20(30-2)7-5-18/h3-11H,12-15H2,1-2H3/p+1. The monoisotopic (exact) mass is 458 g/mol. The van der Waals surface area contributed by atoms with Gasteiger partial charge in [-0.05, 0) is 54.4 Å². The highest BCUT2D eigenvalue weighted by Gasteiger charge is 2.26. The summed E-state index contributed by atoms with van der Waals surface area (Å²) in [5, 5.41) is 0.897. The number of hydrogen-bond acceptors (Lipinski definition) is 6. The van der Waals surface area contributed by atoms with E-state index in [4.69, 9.17) is 23.4 Å². The van der Waals surface area contributed by atoms with Crippen LogP contribution in [0.2, 0.25) is 0 Å². The highest BCUT2D eigenvalue weighted by molar-refractivity contribution is 5.96. The molecular formula is C27H24NO6+. The second-order valence-corrected chi connectivity index (χ2v) is 8.65. The Morgan fingerprint density at radius 1 is 0.971 bits per heavy atom. The van der Waals surface area contributed by atoms with Gasteiger partial charge < -0.3 is 23.4 Å². The summed E-state index contributed by atoms with van der Waals surface area (Å²) in [6.07, 6.45) is 0. The van der Waals surface area contributed by atoms with Crippen molar-refractivity contribution in [2.45, 2.75) is 20.0 Å². The number of hydrogen-bond donors (Lipinski definition) is 1. The summed E-state index contributed by atoms with van der Waals surface area (Å²) in [5.74, 6) is 3.14. The van der Waals surface area contributed by atoms with Crippen LogP contribution >= 0.6 is 0 Å². The number of nitrogens with one attached hydrogen (secondary N) is 1. The van der Waals surface area contributed by atoms with E-state index in [1.165, 1.54) is 4.90 Å². The zero-order valence-corrected chi connectivity index (χ0v) is 19.0. The zero-order chi connectivity index (χ0) is 23.2. The van der Waals surface area contributed by atoms with Gasteiger partial charge in [0.05, 0.1) is 7.11 Å². The van der Waals surface area contributed by atoms with Crippen LogP contribution in [0.3, 0.4) is 0 Å². The first-order valence-electron chi connectivity index (χ1n) is 11.2. The molecule has 3 aromatic carbocycles. The third-order valence-electron chi connectivity index (χ3n) is 6.44. The molecule has 7 nitrogen and oxygen atoms in total. The molecule has 7 heteroatoms. The Morgan fingerprint density at radius 3 is 2.62 bits per heavy atom. The molecule has 0 spiro atoms. The molecule has 2 aliphatic rings. The molecule has 4 aromatic rings. The van der Waals surface area contributed by atoms with Crippen molar-refractivity contribution in [2.24, 2.45) is 0 Å². The summed E-state index contributed by atoms with van der Waals surface area (Å²) in [4.78, 5) is 13.7. The predicted molar refractivity (Wildman–Crippen MR) is 126 cm³/mol. The van der Waals surface area contributed by atoms with E-state index in [0.717, 1.165) is 69.3 Å². The van der Waals surface area contributed by atoms with E-state index in [0.29, 0.717) is 12.3 Å². The van der Waals surface area contributed by atoms with Crippen molar-refractivity contribution in [1.29, 1.82) is 0 Å². The number of methoxy groups -OCH3 is 1. The number of fused-ring (bicyclic) bond motifs is 3. The fourth-order valence-electron chi connectivity index (χ4n) is 4.80. The van der Waals surface area contributed by atoms with Gasteiger partial charge in [-0.1, -0.05) is 12.1 Å². The van der Waals surface area contributed by atoms with Crippen molar-refractivity contribution in [1.82, 2.24) is 0 Å². The van der Waals surface area contributed by atoms with Crippen molar-refractivity contribution in [2.75, 3.05) is 20.6 Å². The third-order valence-corrected chi connectivity index (χ3v) is 6.44. The van der Waals surface area contributed by atoms with E-state index in [2.05, 4.69) is 12.1 Å². The molecule has 1 N–H and O–H groups in total. The Bertz CT molecular complexity index is 1460. The molecule has 3 heterocycles. The number of benzene rings is 3. The lowest BCUT2D eigenvalue weighted by molar-refractivity contribution is -0.945. The van der Waals surface area contributed by atoms with Gasteiger partial charge in [0.2, 0.25) is 13.5 Å². The number of ether oxygens (including phenoxy) is 4. The quantitative estimate of drug-likeness (QED) is 0.473. The fraction of sp³-hybridized carbons (Fsp3) is 0.222. The maximum Gasteiger partial charge on any atom is 0.336 e. The average molecular weight is 458 g/mol. The molecule has 0 radical (unpaired) electrons. The van der Waals surface area contributed by atoms with Gasteiger partial charge in [0, 0.05) is 28.1 Å². The van der Waals surface area contributed by atoms with Crippen LogP contribution in [0.15, 0.2) is 63.8 Å². The van der Waals surface area contributed by atoms with Crippen LogP contribution in [0, 0.1) is 6.92 Å². The van der Waals surface area contributed by atoms with Gasteiger partial charge in [-0.15, -0.1) is 0 Å². The Morgan fingerprint density at radius 2 is 1.79 bits per heavy atom. The van der Waals surface area contributed by atoms with Crippen molar-refractivity contribution in [3.05, 3.63) is 81.7 Å². The zero-order valence-electron chi connectivity index (χ0n) is 19.0. The first-order chi connectivity index (χ1) is 16.6. The largest absolute Gasteiger partial charge is 0.497 e. The van der Waals surface area contributed by atoms with E-state index in [1.807, 2.05) is 43.3 Å². The summed E-state index contributed by atoms with van der Waals surface area (Å²) >= 11 is 0. The van der Waals surface area contributed by atoms with E-state index < -0.39 is 0 Å². The van der Waals surface area contributed by atoms with Crippen LogP contribution in [0.25, 0.3) is 22.1 Å². The molecular weight excluding hydrogens is 434 g/mol. The molecule has 34 heavy (non-hydrogen) atoms. The van der Waals surface area contributed by atoms with Crippen LogP contribution in [-0.2, 0) is 13.1 Å². The summed E-state index contributed by atoms with van der Waals surface area (Å²) in [7, 11) is 1.63. The molecule has 1 atom stereocenters. The molecule has 0 bridgehead atoms. The van der Waals surface area contributed by atoms with Gasteiger partial charge in [-0.25, -0.2) is 4.79 Å². The summed E-state index contributed by atoms with van der Waals surface area (Å²) in [6, 6.07) is 17.4. The Hall–Kier alpha value is -3.97. The molecule has 0 saturated heterocycles. The van der Waals surface area contributed by atoms with Crippen molar-refractivity contribution < 1.29 is 28.3 Å². The highest BCUT2D eigenvalue weighted by atomic mass is 16.7. The van der Waals surface area contributed by atoms with Crippen molar-refractivity contribution in [3.8, 4) is 34.1 Å². The van der Waals surface area contributed by atoms with Gasteiger partial charge in [0.1, 0.15) is 30.2 Å². The third kappa shape index (κ3) is 3.54. The van der Waals surface area contributed by atoms with E-state index >= 15 is 0 Å². The minimum absolute atomic E-state index is 0.269. The lowest BCUT2D eigenvalue weighted by Crippen LogP contribution is -3.10. The predicted octanol–water partition coefficient (Wildman–Crippen LogP) is 3.44. The molecule has 6 rings (SSSR count). The Balaban J connectivity index is 1.37. The smallest absolute Gasteiger partial charge is 0.336 e. The van der Waals surface area contributed by atoms with Crippen LogP contribution in [0.5, 0.6) is 23.0 Å². The van der Waals surface area contributed by atoms with Gasteiger partial charge in [0.25, 0.3) is 0 Å². The van der Waals surface area contributed by atoms with Crippen molar-refractivity contribution >= 4 is 11.0 Å². The second kappa shape index (κ2) is 8.11. The van der Waals surface area contributed by atoms with Gasteiger partial charge in [-0.3, -0.25) is 4.90 Å². The first-order valence-corrected chi connectivity index (χ1v) is 11.2. The molecule has 1 unspecified atom stereocenters. The fourth-order valence-corrected chi connectivity index (χ4v) is 4.80. The second-order valence-electron chi connectivity index (χ2n) is 8.65. The minimum Gasteiger partial charge on any atom is -0.497 e. The topological polar surface area (TPSA) is 71.6 Å². The molecule has 0 saturated carbocycles. The Kier molecular flexibility index (Phi) is 4.92. The van der Waals surface area contributed by atoms with Gasteiger partial charge >= 0.3 is 5.63 Å². The SMILES string of the molecule is COc1ccc(-c2cc(=O)oc3c(C)c4c(cc23)C[NH+](Cc2ccc3c(c2)OCO3)CO4)cc1. The lowest BCUT2D eigenvalue weighted by Gasteiger charge is -2.28.